The Bertz CT molecular complexity index is 1020. The number of hydrogen-bond donors (Lipinski definition) is 1. The molecular formula is C20H17NO4. The molecule has 5 nitrogen and oxygen atoms in total. The van der Waals surface area contributed by atoms with Gasteiger partial charge in [-0.15, -0.1) is 6.58 Å². The van der Waals surface area contributed by atoms with Crippen LogP contribution in [0.1, 0.15) is 21.5 Å². The molecule has 0 fully saturated rings. The van der Waals surface area contributed by atoms with Crippen molar-refractivity contribution in [2.75, 3.05) is 12.8 Å². The third kappa shape index (κ3) is 3.17. The molecule has 5 heteroatoms. The molecular weight excluding hydrogens is 318 g/mol. The molecule has 3 aromatic rings. The van der Waals surface area contributed by atoms with Crippen molar-refractivity contribution in [3.05, 3.63) is 82.2 Å². The maximum Gasteiger partial charge on any atom is 0.347 e. The van der Waals surface area contributed by atoms with Crippen molar-refractivity contribution >= 4 is 22.4 Å². The van der Waals surface area contributed by atoms with Crippen LogP contribution < -0.4 is 16.1 Å². The summed E-state index contributed by atoms with van der Waals surface area (Å²) in [7, 11) is 1.50. The second kappa shape index (κ2) is 6.65. The number of fused-ring (bicyclic) bond motifs is 1. The van der Waals surface area contributed by atoms with E-state index in [1.165, 1.54) is 13.2 Å². The Balaban J connectivity index is 2.17. The van der Waals surface area contributed by atoms with E-state index in [-0.39, 0.29) is 5.56 Å². The van der Waals surface area contributed by atoms with E-state index in [1.807, 2.05) is 6.07 Å². The molecule has 0 aliphatic rings. The van der Waals surface area contributed by atoms with Gasteiger partial charge in [0, 0.05) is 16.6 Å². The Labute approximate surface area is 144 Å². The predicted molar refractivity (Wildman–Crippen MR) is 97.2 cm³/mol. The van der Waals surface area contributed by atoms with Crippen LogP contribution in [-0.4, -0.2) is 12.9 Å². The Kier molecular flexibility index (Phi) is 4.39. The number of nitrogens with two attached hydrogens (primary N) is 1. The highest BCUT2D eigenvalue weighted by atomic mass is 16.5. The normalized spacial score (nSPS) is 10.6. The molecule has 0 atom stereocenters. The van der Waals surface area contributed by atoms with Crippen LogP contribution in [0.4, 0.5) is 5.69 Å². The summed E-state index contributed by atoms with van der Waals surface area (Å²) in [4.78, 5) is 24.9. The number of anilines is 1. The van der Waals surface area contributed by atoms with Gasteiger partial charge in [-0.2, -0.15) is 0 Å². The van der Waals surface area contributed by atoms with Crippen LogP contribution in [0, 0.1) is 0 Å². The second-order valence-electron chi connectivity index (χ2n) is 5.61. The third-order valence-corrected chi connectivity index (χ3v) is 3.88. The fraction of sp³-hybridized carbons (Fsp3) is 0.100. The maximum atomic E-state index is 12.6. The van der Waals surface area contributed by atoms with Crippen LogP contribution in [0.3, 0.4) is 0 Å². The fourth-order valence-electron chi connectivity index (χ4n) is 2.65. The molecule has 2 N–H and O–H groups in total. The molecule has 0 spiro atoms. The van der Waals surface area contributed by atoms with Crippen LogP contribution in [-0.2, 0) is 6.42 Å². The molecule has 1 heterocycles. The van der Waals surface area contributed by atoms with E-state index in [4.69, 9.17) is 14.9 Å². The molecule has 0 aliphatic carbocycles. The SMILES string of the molecule is C=CCc1cc(OC)c2oc(=O)c(C(=O)c3ccc(N)cc3)cc2c1. The first kappa shape index (κ1) is 16.5. The first-order valence-electron chi connectivity index (χ1n) is 7.69. The van der Waals surface area contributed by atoms with Crippen LogP contribution in [0.5, 0.6) is 5.75 Å². The molecule has 0 unspecified atom stereocenters. The van der Waals surface area contributed by atoms with Gasteiger partial charge < -0.3 is 14.9 Å². The number of carbonyl (C=O) groups excluding carboxylic acids is 1. The molecule has 126 valence electrons. The van der Waals surface area contributed by atoms with Crippen molar-refractivity contribution in [3.63, 3.8) is 0 Å². The average Bonchev–Trinajstić information content (AvgIpc) is 2.61. The standard InChI is InChI=1S/C20H17NO4/c1-3-4-12-9-14-11-16(18(22)13-5-7-15(21)8-6-13)20(23)25-19(14)17(10-12)24-2/h3,5-11H,1,4,21H2,2H3. The van der Waals surface area contributed by atoms with Gasteiger partial charge in [0.15, 0.2) is 17.1 Å². The smallest absolute Gasteiger partial charge is 0.347 e. The number of allylic oxidation sites excluding steroid dienone is 1. The lowest BCUT2D eigenvalue weighted by molar-refractivity contribution is 0.103. The molecule has 0 aliphatic heterocycles. The molecule has 0 radical (unpaired) electrons. The molecule has 2 aromatic carbocycles. The van der Waals surface area contributed by atoms with Crippen molar-refractivity contribution < 1.29 is 13.9 Å². The van der Waals surface area contributed by atoms with Crippen LogP contribution in [0.15, 0.2) is 64.3 Å². The number of carbonyl (C=O) groups is 1. The van der Waals surface area contributed by atoms with E-state index >= 15 is 0 Å². The first-order chi connectivity index (χ1) is 12.0. The highest BCUT2D eigenvalue weighted by Gasteiger charge is 2.17. The topological polar surface area (TPSA) is 82.5 Å². The number of ketones is 1. The highest BCUT2D eigenvalue weighted by molar-refractivity contribution is 6.10. The van der Waals surface area contributed by atoms with Crippen molar-refractivity contribution in [1.29, 1.82) is 0 Å². The van der Waals surface area contributed by atoms with Gasteiger partial charge in [0.25, 0.3) is 0 Å². The summed E-state index contributed by atoms with van der Waals surface area (Å²) in [6.07, 6.45) is 2.40. The van der Waals surface area contributed by atoms with Crippen molar-refractivity contribution in [3.8, 4) is 5.75 Å². The second-order valence-corrected chi connectivity index (χ2v) is 5.61. The molecule has 1 aromatic heterocycles. The van der Waals surface area contributed by atoms with E-state index in [0.717, 1.165) is 5.56 Å². The van der Waals surface area contributed by atoms with Crippen molar-refractivity contribution in [2.45, 2.75) is 6.42 Å². The van der Waals surface area contributed by atoms with Gasteiger partial charge in [0.05, 0.1) is 7.11 Å². The lowest BCUT2D eigenvalue weighted by atomic mass is 10.0. The zero-order chi connectivity index (χ0) is 18.0. The highest BCUT2D eigenvalue weighted by Crippen LogP contribution is 2.28. The monoisotopic (exact) mass is 335 g/mol. The van der Waals surface area contributed by atoms with E-state index in [1.54, 1.807) is 36.4 Å². The molecule has 0 saturated heterocycles. The van der Waals surface area contributed by atoms with Crippen LogP contribution in [0.2, 0.25) is 0 Å². The molecule has 0 amide bonds. The molecule has 3 rings (SSSR count). The summed E-state index contributed by atoms with van der Waals surface area (Å²) in [6.45, 7) is 3.72. The van der Waals surface area contributed by atoms with Crippen LogP contribution >= 0.6 is 0 Å². The zero-order valence-electron chi connectivity index (χ0n) is 13.7. The molecule has 0 bridgehead atoms. The van der Waals surface area contributed by atoms with Gasteiger partial charge in [-0.1, -0.05) is 6.08 Å². The minimum absolute atomic E-state index is 0.0323. The van der Waals surface area contributed by atoms with E-state index in [2.05, 4.69) is 6.58 Å². The largest absolute Gasteiger partial charge is 0.493 e. The lowest BCUT2D eigenvalue weighted by Crippen LogP contribution is -2.15. The quantitative estimate of drug-likeness (QED) is 0.335. The number of hydrogen-bond acceptors (Lipinski definition) is 5. The lowest BCUT2D eigenvalue weighted by Gasteiger charge is -2.08. The maximum absolute atomic E-state index is 12.6. The Morgan fingerprint density at radius 2 is 1.96 bits per heavy atom. The fourth-order valence-corrected chi connectivity index (χ4v) is 2.65. The number of methoxy groups -OCH3 is 1. The Morgan fingerprint density at radius 3 is 2.60 bits per heavy atom. The minimum Gasteiger partial charge on any atom is -0.493 e. The van der Waals surface area contributed by atoms with E-state index in [9.17, 15) is 9.59 Å². The third-order valence-electron chi connectivity index (χ3n) is 3.88. The Hall–Kier alpha value is -3.34. The van der Waals surface area contributed by atoms with Gasteiger partial charge in [-0.05, 0) is 54.4 Å². The minimum atomic E-state index is -0.705. The Morgan fingerprint density at radius 1 is 1.24 bits per heavy atom. The molecule has 0 saturated carbocycles. The number of nitrogen functional groups attached to an aromatic ring is 1. The van der Waals surface area contributed by atoms with Crippen molar-refractivity contribution in [1.82, 2.24) is 0 Å². The summed E-state index contributed by atoms with van der Waals surface area (Å²) in [5.41, 5.74) is 7.07. The van der Waals surface area contributed by atoms with Crippen LogP contribution in [0.25, 0.3) is 11.0 Å². The van der Waals surface area contributed by atoms with E-state index in [0.29, 0.717) is 34.4 Å². The average molecular weight is 335 g/mol. The van der Waals surface area contributed by atoms with Gasteiger partial charge in [-0.3, -0.25) is 4.79 Å². The summed E-state index contributed by atoms with van der Waals surface area (Å²) in [6, 6.07) is 11.6. The van der Waals surface area contributed by atoms with Gasteiger partial charge in [0.1, 0.15) is 5.56 Å². The van der Waals surface area contributed by atoms with E-state index < -0.39 is 11.4 Å². The van der Waals surface area contributed by atoms with Gasteiger partial charge >= 0.3 is 5.63 Å². The summed E-state index contributed by atoms with van der Waals surface area (Å²) >= 11 is 0. The zero-order valence-corrected chi connectivity index (χ0v) is 13.7. The van der Waals surface area contributed by atoms with Crippen molar-refractivity contribution in [2.24, 2.45) is 0 Å². The predicted octanol–water partition coefficient (Wildman–Crippen LogP) is 3.34. The summed E-state index contributed by atoms with van der Waals surface area (Å²) in [5, 5.41) is 0.620. The number of rotatable bonds is 5. The van der Waals surface area contributed by atoms with Gasteiger partial charge in [-0.25, -0.2) is 4.79 Å². The number of benzene rings is 2. The summed E-state index contributed by atoms with van der Waals surface area (Å²) < 4.78 is 10.7. The summed E-state index contributed by atoms with van der Waals surface area (Å²) in [5.74, 6) is 0.0293. The molecule has 25 heavy (non-hydrogen) atoms. The first-order valence-corrected chi connectivity index (χ1v) is 7.69. The number of ether oxygens (including phenoxy) is 1. The van der Waals surface area contributed by atoms with Gasteiger partial charge in [0.2, 0.25) is 0 Å².